The number of hydrogen-bond acceptors (Lipinski definition) is 3. The summed E-state index contributed by atoms with van der Waals surface area (Å²) in [5.74, 6) is -0.0124. The number of amides is 3. The zero-order valence-corrected chi connectivity index (χ0v) is 12.7. The van der Waals surface area contributed by atoms with Crippen LogP contribution < -0.4 is 16.0 Å². The minimum absolute atomic E-state index is 0.205. The predicted molar refractivity (Wildman–Crippen MR) is 83.6 cm³/mol. The fraction of sp³-hybridized carbons (Fsp3) is 0.500. The number of furan rings is 1. The Morgan fingerprint density at radius 1 is 1.09 bits per heavy atom. The first-order valence-corrected chi connectivity index (χ1v) is 7.77. The van der Waals surface area contributed by atoms with Crippen LogP contribution in [0.4, 0.5) is 4.79 Å². The maximum Gasteiger partial charge on any atom is 0.314 e. The van der Waals surface area contributed by atoms with Crippen molar-refractivity contribution in [3.8, 4) is 0 Å². The van der Waals surface area contributed by atoms with Gasteiger partial charge in [-0.25, -0.2) is 4.79 Å². The fourth-order valence-electron chi connectivity index (χ4n) is 2.38. The lowest BCUT2D eigenvalue weighted by atomic mass is 9.97. The summed E-state index contributed by atoms with van der Waals surface area (Å²) in [6, 6.07) is 3.04. The molecule has 120 valence electrons. The van der Waals surface area contributed by atoms with Gasteiger partial charge in [0.05, 0.1) is 6.26 Å². The van der Waals surface area contributed by atoms with Gasteiger partial charge in [0, 0.05) is 19.6 Å². The van der Waals surface area contributed by atoms with Gasteiger partial charge >= 0.3 is 6.03 Å². The van der Waals surface area contributed by atoms with Crippen molar-refractivity contribution >= 4 is 11.9 Å². The van der Waals surface area contributed by atoms with Gasteiger partial charge in [0.25, 0.3) is 5.91 Å². The highest BCUT2D eigenvalue weighted by atomic mass is 16.3. The summed E-state index contributed by atoms with van der Waals surface area (Å²) in [7, 11) is 0. The first-order valence-electron chi connectivity index (χ1n) is 7.77. The van der Waals surface area contributed by atoms with E-state index in [1.54, 1.807) is 12.1 Å². The zero-order valence-electron chi connectivity index (χ0n) is 12.7. The smallest absolute Gasteiger partial charge is 0.314 e. The Morgan fingerprint density at radius 2 is 1.91 bits per heavy atom. The van der Waals surface area contributed by atoms with Gasteiger partial charge in [-0.3, -0.25) is 4.79 Å². The lowest BCUT2D eigenvalue weighted by molar-refractivity contribution is 0.0926. The number of hydrogen-bond donors (Lipinski definition) is 3. The third-order valence-electron chi connectivity index (χ3n) is 3.56. The molecule has 3 N–H and O–H groups in total. The van der Waals surface area contributed by atoms with Crippen LogP contribution in [0.15, 0.2) is 34.5 Å². The van der Waals surface area contributed by atoms with E-state index in [9.17, 15) is 9.59 Å². The summed E-state index contributed by atoms with van der Waals surface area (Å²) in [5, 5.41) is 8.19. The van der Waals surface area contributed by atoms with Crippen LogP contribution in [0, 0.1) is 0 Å². The molecule has 0 spiro atoms. The van der Waals surface area contributed by atoms with E-state index in [1.165, 1.54) is 24.7 Å². The molecule has 0 aliphatic heterocycles. The molecule has 1 heterocycles. The van der Waals surface area contributed by atoms with E-state index in [-0.39, 0.29) is 17.7 Å². The molecular formula is C16H23N3O3. The maximum absolute atomic E-state index is 11.6. The third-order valence-corrected chi connectivity index (χ3v) is 3.56. The molecule has 0 atom stereocenters. The van der Waals surface area contributed by atoms with Crippen molar-refractivity contribution in [1.29, 1.82) is 0 Å². The molecule has 0 fully saturated rings. The van der Waals surface area contributed by atoms with Gasteiger partial charge < -0.3 is 20.4 Å². The zero-order chi connectivity index (χ0) is 15.6. The van der Waals surface area contributed by atoms with E-state index < -0.39 is 0 Å². The van der Waals surface area contributed by atoms with Crippen LogP contribution >= 0.6 is 0 Å². The molecule has 0 saturated carbocycles. The van der Waals surface area contributed by atoms with Gasteiger partial charge in [-0.2, -0.15) is 0 Å². The quantitative estimate of drug-likeness (QED) is 0.533. The lowest BCUT2D eigenvalue weighted by Crippen LogP contribution is -2.40. The minimum atomic E-state index is -0.281. The summed E-state index contributed by atoms with van der Waals surface area (Å²) in [5.41, 5.74) is 1.44. The normalized spacial score (nSPS) is 14.1. The molecule has 1 aliphatic rings. The summed E-state index contributed by atoms with van der Waals surface area (Å²) >= 11 is 0. The van der Waals surface area contributed by atoms with Crippen molar-refractivity contribution in [3.63, 3.8) is 0 Å². The Balaban J connectivity index is 1.50. The third kappa shape index (κ3) is 5.63. The highest BCUT2D eigenvalue weighted by Crippen LogP contribution is 2.19. The summed E-state index contributed by atoms with van der Waals surface area (Å²) < 4.78 is 4.97. The molecule has 1 aromatic heterocycles. The van der Waals surface area contributed by atoms with E-state index in [2.05, 4.69) is 22.0 Å². The summed E-state index contributed by atoms with van der Waals surface area (Å²) in [4.78, 5) is 23.1. The SMILES string of the molecule is O=C(NCCNC(=O)c1ccco1)NCCC1=CCCCC1. The average molecular weight is 305 g/mol. The Bertz CT molecular complexity index is 509. The highest BCUT2D eigenvalue weighted by molar-refractivity contribution is 5.91. The second-order valence-corrected chi connectivity index (χ2v) is 5.27. The van der Waals surface area contributed by atoms with Crippen LogP contribution in [0.1, 0.15) is 42.7 Å². The van der Waals surface area contributed by atoms with Gasteiger partial charge in [0.15, 0.2) is 5.76 Å². The molecular weight excluding hydrogens is 282 g/mol. The van der Waals surface area contributed by atoms with Crippen molar-refractivity contribution in [3.05, 3.63) is 35.8 Å². The van der Waals surface area contributed by atoms with Crippen LogP contribution in [-0.2, 0) is 0 Å². The largest absolute Gasteiger partial charge is 0.459 e. The molecule has 0 saturated heterocycles. The second kappa shape index (κ2) is 8.92. The van der Waals surface area contributed by atoms with E-state index >= 15 is 0 Å². The van der Waals surface area contributed by atoms with E-state index in [0.29, 0.717) is 19.6 Å². The average Bonchev–Trinajstić information content (AvgIpc) is 3.07. The molecule has 0 unspecified atom stereocenters. The second-order valence-electron chi connectivity index (χ2n) is 5.27. The van der Waals surface area contributed by atoms with Crippen LogP contribution in [0.2, 0.25) is 0 Å². The number of carbonyl (C=O) groups excluding carboxylic acids is 2. The molecule has 0 aromatic carbocycles. The number of allylic oxidation sites excluding steroid dienone is 1. The maximum atomic E-state index is 11.6. The molecule has 22 heavy (non-hydrogen) atoms. The summed E-state index contributed by atoms with van der Waals surface area (Å²) in [6.07, 6.45) is 9.51. The molecule has 6 nitrogen and oxygen atoms in total. The van der Waals surface area contributed by atoms with Crippen molar-refractivity contribution in [1.82, 2.24) is 16.0 Å². The Kier molecular flexibility index (Phi) is 6.54. The Morgan fingerprint density at radius 3 is 2.64 bits per heavy atom. The lowest BCUT2D eigenvalue weighted by Gasteiger charge is -2.13. The number of urea groups is 1. The molecule has 0 radical (unpaired) electrons. The monoisotopic (exact) mass is 305 g/mol. The Hall–Kier alpha value is -2.24. The van der Waals surface area contributed by atoms with Crippen LogP contribution in [-0.4, -0.2) is 31.6 Å². The van der Waals surface area contributed by atoms with Crippen LogP contribution in [0.3, 0.4) is 0 Å². The molecule has 2 rings (SSSR count). The van der Waals surface area contributed by atoms with Gasteiger partial charge in [-0.1, -0.05) is 11.6 Å². The van der Waals surface area contributed by atoms with Gasteiger partial charge in [0.1, 0.15) is 0 Å². The van der Waals surface area contributed by atoms with Gasteiger partial charge in [0.2, 0.25) is 0 Å². The first-order chi connectivity index (χ1) is 10.8. The summed E-state index contributed by atoms with van der Waals surface area (Å²) in [6.45, 7) is 1.38. The van der Waals surface area contributed by atoms with Crippen molar-refractivity contribution in [2.75, 3.05) is 19.6 Å². The van der Waals surface area contributed by atoms with Crippen LogP contribution in [0.5, 0.6) is 0 Å². The number of carbonyl (C=O) groups is 2. The molecule has 1 aliphatic carbocycles. The molecule has 1 aromatic rings. The molecule has 6 heteroatoms. The standard InChI is InChI=1S/C16H23N3O3/c20-15(14-7-4-12-22-14)17-10-11-19-16(21)18-9-8-13-5-2-1-3-6-13/h4-5,7,12H,1-3,6,8-11H2,(H,17,20)(H2,18,19,21). The minimum Gasteiger partial charge on any atom is -0.459 e. The van der Waals surface area contributed by atoms with Crippen molar-refractivity contribution in [2.24, 2.45) is 0 Å². The first kappa shape index (κ1) is 16.1. The van der Waals surface area contributed by atoms with E-state index in [1.807, 2.05) is 0 Å². The van der Waals surface area contributed by atoms with Crippen molar-refractivity contribution < 1.29 is 14.0 Å². The van der Waals surface area contributed by atoms with Gasteiger partial charge in [-0.15, -0.1) is 0 Å². The molecule has 0 bridgehead atoms. The Labute approximate surface area is 130 Å². The topological polar surface area (TPSA) is 83.4 Å². The van der Waals surface area contributed by atoms with Crippen molar-refractivity contribution in [2.45, 2.75) is 32.1 Å². The van der Waals surface area contributed by atoms with E-state index in [0.717, 1.165) is 19.3 Å². The fourth-order valence-corrected chi connectivity index (χ4v) is 2.38. The molecule has 3 amide bonds. The predicted octanol–water partition coefficient (Wildman–Crippen LogP) is 2.20. The highest BCUT2D eigenvalue weighted by Gasteiger charge is 2.07. The van der Waals surface area contributed by atoms with Crippen LogP contribution in [0.25, 0.3) is 0 Å². The van der Waals surface area contributed by atoms with E-state index in [4.69, 9.17) is 4.42 Å². The number of rotatable bonds is 7. The van der Waals surface area contributed by atoms with Gasteiger partial charge in [-0.05, 0) is 44.2 Å². The number of nitrogens with one attached hydrogen (secondary N) is 3.